The second-order valence-electron chi connectivity index (χ2n) is 5.06. The number of hydrogen-bond donors (Lipinski definition) is 0. The predicted octanol–water partition coefficient (Wildman–Crippen LogP) is 0.311. The maximum Gasteiger partial charge on any atom is 0.273 e. The van der Waals surface area contributed by atoms with Gasteiger partial charge in [0.2, 0.25) is 10.0 Å². The molecule has 1 aromatic rings. The van der Waals surface area contributed by atoms with Gasteiger partial charge in [-0.1, -0.05) is 0 Å². The van der Waals surface area contributed by atoms with Crippen LogP contribution in [0.3, 0.4) is 0 Å². The van der Waals surface area contributed by atoms with Crippen LogP contribution in [0.1, 0.15) is 36.2 Å². The zero-order valence-corrected chi connectivity index (χ0v) is 13.0. The van der Waals surface area contributed by atoms with Gasteiger partial charge >= 0.3 is 0 Å². The van der Waals surface area contributed by atoms with Crippen LogP contribution in [0.25, 0.3) is 0 Å². The number of hydrogen-bond acceptors (Lipinski definition) is 4. The molecule has 1 aliphatic rings. The van der Waals surface area contributed by atoms with E-state index in [1.807, 2.05) is 4.57 Å². The van der Waals surface area contributed by atoms with Crippen molar-refractivity contribution in [2.24, 2.45) is 0 Å². The number of rotatable bonds is 3. The Morgan fingerprint density at radius 3 is 2.65 bits per heavy atom. The first-order valence-electron chi connectivity index (χ1n) is 6.56. The molecule has 0 bridgehead atoms. The summed E-state index contributed by atoms with van der Waals surface area (Å²) in [5.74, 6) is 0.518. The van der Waals surface area contributed by atoms with Crippen molar-refractivity contribution < 1.29 is 13.2 Å². The van der Waals surface area contributed by atoms with E-state index in [-0.39, 0.29) is 17.7 Å². The molecule has 7 nitrogen and oxygen atoms in total. The van der Waals surface area contributed by atoms with Crippen LogP contribution in [-0.4, -0.2) is 59.5 Å². The maximum absolute atomic E-state index is 12.0. The minimum Gasteiger partial charge on any atom is -0.343 e. The lowest BCUT2D eigenvalue weighted by atomic mass is 10.2. The van der Waals surface area contributed by atoms with E-state index in [0.29, 0.717) is 24.6 Å². The molecule has 1 amide bonds. The Bertz CT molecular complexity index is 621. The van der Waals surface area contributed by atoms with Crippen LogP contribution in [0.2, 0.25) is 0 Å². The summed E-state index contributed by atoms with van der Waals surface area (Å²) in [7, 11) is 0.0734. The van der Waals surface area contributed by atoms with Gasteiger partial charge in [-0.15, -0.1) is 0 Å². The van der Waals surface area contributed by atoms with Crippen molar-refractivity contribution in [2.45, 2.75) is 26.4 Å². The molecular formula is C12H20N4O3S. The average molecular weight is 300 g/mol. The minimum atomic E-state index is -3.26. The fourth-order valence-electron chi connectivity index (χ4n) is 2.35. The molecule has 2 heterocycles. The second-order valence-corrected chi connectivity index (χ2v) is 7.27. The molecule has 0 aromatic carbocycles. The van der Waals surface area contributed by atoms with Crippen LogP contribution in [0, 0.1) is 0 Å². The number of fused-ring (bicyclic) bond motifs is 1. The molecule has 8 heteroatoms. The number of nitrogens with zero attached hydrogens (tertiary/aromatic N) is 4. The number of amides is 1. The Kier molecular flexibility index (Phi) is 3.88. The van der Waals surface area contributed by atoms with Crippen molar-refractivity contribution in [3.8, 4) is 0 Å². The summed E-state index contributed by atoms with van der Waals surface area (Å²) in [6.07, 6.45) is 1.70. The van der Waals surface area contributed by atoms with Gasteiger partial charge in [-0.3, -0.25) is 4.79 Å². The molecule has 2 rings (SSSR count). The summed E-state index contributed by atoms with van der Waals surface area (Å²) in [5.41, 5.74) is 0.354. The van der Waals surface area contributed by atoms with Gasteiger partial charge in [-0.25, -0.2) is 13.4 Å². The molecule has 1 atom stereocenters. The van der Waals surface area contributed by atoms with E-state index >= 15 is 0 Å². The molecule has 0 fully saturated rings. The van der Waals surface area contributed by atoms with E-state index in [2.05, 4.69) is 4.98 Å². The number of carbonyl (C=O) groups excluding carboxylic acids is 1. The summed E-state index contributed by atoms with van der Waals surface area (Å²) in [5, 5.41) is 0. The van der Waals surface area contributed by atoms with E-state index < -0.39 is 10.0 Å². The Balaban J connectivity index is 2.36. The van der Waals surface area contributed by atoms with Crippen molar-refractivity contribution in [1.82, 2.24) is 18.8 Å². The highest BCUT2D eigenvalue weighted by atomic mass is 32.2. The third kappa shape index (κ3) is 2.45. The first-order chi connectivity index (χ1) is 9.27. The maximum atomic E-state index is 12.0. The Labute approximate surface area is 119 Å². The van der Waals surface area contributed by atoms with Gasteiger partial charge in [0.15, 0.2) is 0 Å². The summed E-state index contributed by atoms with van der Waals surface area (Å²) in [6, 6.07) is -0.350. The third-order valence-corrected chi connectivity index (χ3v) is 5.46. The number of imidazole rings is 1. The van der Waals surface area contributed by atoms with E-state index in [1.54, 1.807) is 34.1 Å². The van der Waals surface area contributed by atoms with Crippen LogP contribution in [-0.2, 0) is 16.6 Å². The van der Waals surface area contributed by atoms with Gasteiger partial charge in [0.05, 0.1) is 11.8 Å². The van der Waals surface area contributed by atoms with Crippen LogP contribution < -0.4 is 0 Å². The van der Waals surface area contributed by atoms with E-state index in [0.717, 1.165) is 0 Å². The molecule has 0 spiro atoms. The first-order valence-corrected chi connectivity index (χ1v) is 8.17. The molecule has 0 saturated heterocycles. The van der Waals surface area contributed by atoms with E-state index in [1.165, 1.54) is 9.21 Å². The molecular weight excluding hydrogens is 280 g/mol. The Hall–Kier alpha value is -1.41. The monoisotopic (exact) mass is 300 g/mol. The van der Waals surface area contributed by atoms with Gasteiger partial charge < -0.3 is 9.47 Å². The van der Waals surface area contributed by atoms with E-state index in [4.69, 9.17) is 0 Å². The van der Waals surface area contributed by atoms with E-state index in [9.17, 15) is 13.2 Å². The highest BCUT2D eigenvalue weighted by molar-refractivity contribution is 7.89. The summed E-state index contributed by atoms with van der Waals surface area (Å²) >= 11 is 0. The number of aromatic nitrogens is 2. The Morgan fingerprint density at radius 2 is 2.10 bits per heavy atom. The van der Waals surface area contributed by atoms with Crippen molar-refractivity contribution in [1.29, 1.82) is 0 Å². The fraction of sp³-hybridized carbons (Fsp3) is 0.667. The van der Waals surface area contributed by atoms with Gasteiger partial charge in [-0.2, -0.15) is 4.31 Å². The summed E-state index contributed by atoms with van der Waals surface area (Å²) in [6.45, 7) is 4.36. The Morgan fingerprint density at radius 1 is 1.45 bits per heavy atom. The van der Waals surface area contributed by atoms with Crippen LogP contribution >= 0.6 is 0 Å². The molecule has 0 aliphatic carbocycles. The largest absolute Gasteiger partial charge is 0.343 e. The van der Waals surface area contributed by atoms with Crippen molar-refractivity contribution in [2.75, 3.05) is 26.4 Å². The SMILES string of the molecule is CCS(=O)(=O)N1CCn2cc(C(=O)N(C)C)nc2[C@@H]1C. The van der Waals surface area contributed by atoms with Crippen LogP contribution in [0.5, 0.6) is 0 Å². The average Bonchev–Trinajstić information content (AvgIpc) is 2.82. The lowest BCUT2D eigenvalue weighted by Gasteiger charge is -2.32. The van der Waals surface area contributed by atoms with Crippen molar-refractivity contribution in [3.63, 3.8) is 0 Å². The molecule has 0 N–H and O–H groups in total. The molecule has 0 unspecified atom stereocenters. The minimum absolute atomic E-state index is 0.0710. The zero-order chi connectivity index (χ0) is 15.1. The zero-order valence-electron chi connectivity index (χ0n) is 12.2. The number of sulfonamides is 1. The fourth-order valence-corrected chi connectivity index (χ4v) is 3.62. The smallest absolute Gasteiger partial charge is 0.273 e. The van der Waals surface area contributed by atoms with Crippen LogP contribution in [0.4, 0.5) is 0 Å². The molecule has 0 radical (unpaired) electrons. The van der Waals surface area contributed by atoms with Crippen molar-refractivity contribution in [3.05, 3.63) is 17.7 Å². The normalized spacial score (nSPS) is 19.7. The molecule has 20 heavy (non-hydrogen) atoms. The standard InChI is InChI=1S/C12H20N4O3S/c1-5-20(18,19)16-7-6-15-8-10(12(17)14(3)4)13-11(15)9(16)2/h8-9H,5-7H2,1-4H3/t9-/m0/s1. The highest BCUT2D eigenvalue weighted by Gasteiger charge is 2.34. The highest BCUT2D eigenvalue weighted by Crippen LogP contribution is 2.27. The van der Waals surface area contributed by atoms with Crippen LogP contribution in [0.15, 0.2) is 6.20 Å². The van der Waals surface area contributed by atoms with Gasteiger partial charge in [0, 0.05) is 33.4 Å². The van der Waals surface area contributed by atoms with Gasteiger partial charge in [-0.05, 0) is 13.8 Å². The lowest BCUT2D eigenvalue weighted by molar-refractivity contribution is 0.0822. The summed E-state index contributed by atoms with van der Waals surface area (Å²) < 4.78 is 27.4. The van der Waals surface area contributed by atoms with Gasteiger partial charge in [0.1, 0.15) is 11.5 Å². The molecule has 112 valence electrons. The quantitative estimate of drug-likeness (QED) is 0.805. The molecule has 1 aromatic heterocycles. The summed E-state index contributed by atoms with van der Waals surface area (Å²) in [4.78, 5) is 17.7. The topological polar surface area (TPSA) is 75.5 Å². The second kappa shape index (κ2) is 5.17. The lowest BCUT2D eigenvalue weighted by Crippen LogP contribution is -2.41. The van der Waals surface area contributed by atoms with Gasteiger partial charge in [0.25, 0.3) is 5.91 Å². The predicted molar refractivity (Wildman–Crippen MR) is 74.8 cm³/mol. The first kappa shape index (κ1) is 15.0. The van der Waals surface area contributed by atoms with Crippen molar-refractivity contribution >= 4 is 15.9 Å². The number of carbonyl (C=O) groups is 1. The molecule has 1 aliphatic heterocycles. The molecule has 0 saturated carbocycles. The third-order valence-electron chi connectivity index (χ3n) is 3.52.